The third-order valence-corrected chi connectivity index (χ3v) is 2.07. The Bertz CT molecular complexity index is 460. The zero-order valence-corrected chi connectivity index (χ0v) is 8.99. The lowest BCUT2D eigenvalue weighted by molar-refractivity contribution is -0.991. The summed E-state index contributed by atoms with van der Waals surface area (Å²) in [6.45, 7) is 0. The maximum absolute atomic E-state index is 10.6. The van der Waals surface area contributed by atoms with Gasteiger partial charge < -0.3 is 10.9 Å². The van der Waals surface area contributed by atoms with Crippen molar-refractivity contribution in [1.82, 2.24) is 0 Å². The molecule has 0 saturated heterocycles. The Balaban J connectivity index is 3.00. The number of nitriles is 1. The molecule has 1 aromatic rings. The molecule has 0 aliphatic carbocycles. The van der Waals surface area contributed by atoms with Gasteiger partial charge in [0, 0.05) is 12.1 Å². The van der Waals surface area contributed by atoms with Gasteiger partial charge in [-0.3, -0.25) is 0 Å². The smallest absolute Gasteiger partial charge is 0.163 e. The molecule has 0 aliphatic rings. The Kier molecular flexibility index (Phi) is 4.10. The Hall–Kier alpha value is -1.78. The molecule has 0 aliphatic heterocycles. The minimum Gasteiger partial charge on any atom is -0.595 e. The van der Waals surface area contributed by atoms with Crippen LogP contribution in [-0.4, -0.2) is 10.2 Å². The van der Waals surface area contributed by atoms with Crippen molar-refractivity contribution < 1.29 is 10.4 Å². The molecule has 4 N–H and O–H groups in total. The predicted octanol–water partition coefficient (Wildman–Crippen LogP) is 0.283. The van der Waals surface area contributed by atoms with Gasteiger partial charge in [0.25, 0.3) is 0 Å². The van der Waals surface area contributed by atoms with Crippen molar-refractivity contribution in [3.8, 4) is 6.07 Å². The van der Waals surface area contributed by atoms with Crippen molar-refractivity contribution >= 4 is 29.0 Å². The van der Waals surface area contributed by atoms with Gasteiger partial charge in [-0.05, 0) is 23.8 Å². The van der Waals surface area contributed by atoms with E-state index in [1.165, 1.54) is 18.2 Å². The van der Waals surface area contributed by atoms with E-state index in [0.717, 1.165) is 0 Å². The van der Waals surface area contributed by atoms with E-state index < -0.39 is 5.23 Å². The second kappa shape index (κ2) is 5.34. The number of hydrogen-bond donors (Lipinski definition) is 3. The first-order valence-electron chi connectivity index (χ1n) is 4.29. The minimum absolute atomic E-state index is 0.0183. The van der Waals surface area contributed by atoms with Crippen LogP contribution in [0.2, 0.25) is 0 Å². The monoisotopic (exact) mass is 235 g/mol. The van der Waals surface area contributed by atoms with E-state index in [1.807, 2.05) is 6.07 Å². The van der Waals surface area contributed by atoms with Gasteiger partial charge in [-0.25, -0.2) is 5.21 Å². The molecule has 0 aromatic heterocycles. The van der Waals surface area contributed by atoms with Gasteiger partial charge in [-0.15, -0.1) is 0 Å². The Labute approximate surface area is 97.5 Å². The first kappa shape index (κ1) is 12.3. The Morgan fingerprint density at radius 3 is 2.44 bits per heavy atom. The minimum atomic E-state index is -0.995. The molecule has 6 heteroatoms. The summed E-state index contributed by atoms with van der Waals surface area (Å²) >= 11 is 4.68. The van der Waals surface area contributed by atoms with Crippen LogP contribution in [-0.2, 0) is 0 Å². The lowest BCUT2D eigenvalue weighted by Gasteiger charge is -2.10. The summed E-state index contributed by atoms with van der Waals surface area (Å²) in [5, 5.41) is 27.0. The summed E-state index contributed by atoms with van der Waals surface area (Å²) in [6.07, 6.45) is 1.51. The molecule has 1 unspecified atom stereocenters. The topological polar surface area (TPSA) is 97.5 Å². The molecular formula is C10H9N3O2S. The van der Waals surface area contributed by atoms with Gasteiger partial charge in [0.05, 0.1) is 5.57 Å². The van der Waals surface area contributed by atoms with E-state index in [1.54, 1.807) is 12.1 Å². The molecule has 0 bridgehead atoms. The van der Waals surface area contributed by atoms with Gasteiger partial charge in [-0.1, -0.05) is 12.2 Å². The van der Waals surface area contributed by atoms with Crippen LogP contribution >= 0.6 is 12.2 Å². The van der Waals surface area contributed by atoms with Crippen LogP contribution in [0, 0.1) is 16.5 Å². The SMILES string of the molecule is N#CC(=Cc1ccc([NH+]([O-])O)cc1)C(N)=S. The average molecular weight is 235 g/mol. The highest BCUT2D eigenvalue weighted by molar-refractivity contribution is 7.80. The number of nitrogens with one attached hydrogen (secondary N) is 1. The van der Waals surface area contributed by atoms with E-state index in [2.05, 4.69) is 12.2 Å². The molecule has 0 amide bonds. The Morgan fingerprint density at radius 2 is 2.06 bits per heavy atom. The number of thiocarbonyl (C=S) groups is 1. The normalized spacial score (nSPS) is 12.9. The number of hydrogen-bond acceptors (Lipinski definition) is 4. The van der Waals surface area contributed by atoms with Crippen molar-refractivity contribution in [2.45, 2.75) is 0 Å². The van der Waals surface area contributed by atoms with Gasteiger partial charge in [0.1, 0.15) is 11.1 Å². The Morgan fingerprint density at radius 1 is 1.50 bits per heavy atom. The van der Waals surface area contributed by atoms with Crippen LogP contribution in [0.5, 0.6) is 0 Å². The molecule has 82 valence electrons. The molecule has 16 heavy (non-hydrogen) atoms. The second-order valence-electron chi connectivity index (χ2n) is 2.96. The van der Waals surface area contributed by atoms with Crippen molar-refractivity contribution in [3.05, 3.63) is 40.6 Å². The van der Waals surface area contributed by atoms with Crippen LogP contribution < -0.4 is 11.0 Å². The lowest BCUT2D eigenvalue weighted by atomic mass is 10.1. The van der Waals surface area contributed by atoms with Crippen molar-refractivity contribution in [2.75, 3.05) is 0 Å². The van der Waals surface area contributed by atoms with Crippen molar-refractivity contribution in [1.29, 1.82) is 5.26 Å². The number of benzene rings is 1. The standard InChI is InChI=1S/C10H9N3O2S/c11-6-8(10(12)16)5-7-1-3-9(4-2-7)13(14)15/h1-5,13-14H,(H2,12,16). The second-order valence-corrected chi connectivity index (χ2v) is 3.40. The highest BCUT2D eigenvalue weighted by atomic mass is 32.1. The summed E-state index contributed by atoms with van der Waals surface area (Å²) < 4.78 is 0. The highest BCUT2D eigenvalue weighted by Crippen LogP contribution is 2.09. The largest absolute Gasteiger partial charge is 0.595 e. The van der Waals surface area contributed by atoms with Crippen molar-refractivity contribution in [3.63, 3.8) is 0 Å². The maximum atomic E-state index is 10.6. The molecular weight excluding hydrogens is 226 g/mol. The van der Waals surface area contributed by atoms with Crippen molar-refractivity contribution in [2.24, 2.45) is 5.73 Å². The van der Waals surface area contributed by atoms with Crippen LogP contribution in [0.1, 0.15) is 5.56 Å². The van der Waals surface area contributed by atoms with E-state index in [-0.39, 0.29) is 16.2 Å². The zero-order valence-electron chi connectivity index (χ0n) is 8.18. The highest BCUT2D eigenvalue weighted by Gasteiger charge is 2.01. The molecule has 0 heterocycles. The number of nitrogens with two attached hydrogens (primary N) is 1. The van der Waals surface area contributed by atoms with E-state index >= 15 is 0 Å². The molecule has 0 fully saturated rings. The summed E-state index contributed by atoms with van der Waals surface area (Å²) in [6, 6.07) is 7.93. The van der Waals surface area contributed by atoms with Crippen LogP contribution in [0.4, 0.5) is 5.69 Å². The van der Waals surface area contributed by atoms with E-state index in [9.17, 15) is 5.21 Å². The summed E-state index contributed by atoms with van der Waals surface area (Å²) in [5.74, 6) is 0. The van der Waals surface area contributed by atoms with Gasteiger partial charge in [0.2, 0.25) is 0 Å². The molecule has 0 spiro atoms. The molecule has 0 saturated carbocycles. The van der Waals surface area contributed by atoms with Gasteiger partial charge >= 0.3 is 0 Å². The van der Waals surface area contributed by atoms with Crippen LogP contribution in [0.15, 0.2) is 29.8 Å². The predicted molar refractivity (Wildman–Crippen MR) is 62.6 cm³/mol. The first-order valence-corrected chi connectivity index (χ1v) is 4.70. The van der Waals surface area contributed by atoms with Crippen LogP contribution in [0.3, 0.4) is 0 Å². The summed E-state index contributed by atoms with van der Waals surface area (Å²) in [7, 11) is 0. The third-order valence-electron chi connectivity index (χ3n) is 1.85. The average Bonchev–Trinajstić information content (AvgIpc) is 2.26. The molecule has 5 nitrogen and oxygen atoms in total. The molecule has 1 rings (SSSR count). The number of quaternary nitrogens is 1. The summed E-state index contributed by atoms with van der Waals surface area (Å²) in [4.78, 5) is 0.0183. The first-order chi connectivity index (χ1) is 7.54. The molecule has 0 radical (unpaired) electrons. The van der Waals surface area contributed by atoms with Gasteiger partial charge in [-0.2, -0.15) is 10.5 Å². The molecule has 1 aromatic carbocycles. The lowest BCUT2D eigenvalue weighted by Crippen LogP contribution is -2.99. The third kappa shape index (κ3) is 3.12. The van der Waals surface area contributed by atoms with Crippen LogP contribution in [0.25, 0.3) is 6.08 Å². The quantitative estimate of drug-likeness (QED) is 0.302. The van der Waals surface area contributed by atoms with E-state index in [0.29, 0.717) is 5.56 Å². The van der Waals surface area contributed by atoms with Gasteiger partial charge in [0.15, 0.2) is 5.69 Å². The summed E-state index contributed by atoms with van der Waals surface area (Å²) in [5.41, 5.74) is 6.37. The fraction of sp³-hybridized carbons (Fsp3) is 0. The fourth-order valence-electron chi connectivity index (χ4n) is 1.05. The van der Waals surface area contributed by atoms with E-state index in [4.69, 9.17) is 16.2 Å². The molecule has 1 atom stereocenters. The fourth-order valence-corrected chi connectivity index (χ4v) is 1.15. The number of rotatable bonds is 3. The zero-order chi connectivity index (χ0) is 12.1. The maximum Gasteiger partial charge on any atom is 0.163 e. The number of nitrogens with zero attached hydrogens (tertiary/aromatic N) is 1.